The smallest absolute Gasteiger partial charge is 0.417 e. The van der Waals surface area contributed by atoms with Gasteiger partial charge in [-0.15, -0.1) is 0 Å². The molecule has 1 heterocycles. The lowest BCUT2D eigenvalue weighted by Gasteiger charge is -2.34. The van der Waals surface area contributed by atoms with E-state index in [4.69, 9.17) is 27.1 Å². The summed E-state index contributed by atoms with van der Waals surface area (Å²) in [6, 6.07) is 18.5. The first-order valence-electron chi connectivity index (χ1n) is 28.5. The molecule has 0 bridgehead atoms. The number of benzene rings is 4. The molecule has 0 aromatic heterocycles. The van der Waals surface area contributed by atoms with Crippen LogP contribution in [0.4, 0.5) is 0 Å². The summed E-state index contributed by atoms with van der Waals surface area (Å²) in [5, 5.41) is 0. The fourth-order valence-corrected chi connectivity index (χ4v) is 11.4. The third kappa shape index (κ3) is 17.7. The van der Waals surface area contributed by atoms with Gasteiger partial charge in [0.25, 0.3) is 0 Å². The second-order valence-electron chi connectivity index (χ2n) is 30.6. The monoisotopic (exact) mass is 1080 g/mol. The van der Waals surface area contributed by atoms with E-state index in [2.05, 4.69) is 242 Å². The van der Waals surface area contributed by atoms with Crippen molar-refractivity contribution in [2.75, 3.05) is 13.7 Å². The van der Waals surface area contributed by atoms with E-state index in [1.165, 1.54) is 74.9 Å². The zero-order chi connectivity index (χ0) is 58.1. The summed E-state index contributed by atoms with van der Waals surface area (Å²) in [7, 11) is -1.61. The minimum Gasteiger partial charge on any atom is -0.417 e. The Morgan fingerprint density at radius 2 is 0.776 bits per heavy atom. The Labute approximate surface area is 469 Å². The van der Waals surface area contributed by atoms with Crippen LogP contribution in [-0.2, 0) is 58.8 Å². The van der Waals surface area contributed by atoms with Crippen molar-refractivity contribution in [3.63, 3.8) is 0 Å². The minimum absolute atomic E-state index is 0.0256. The van der Waals surface area contributed by atoms with E-state index in [1.807, 2.05) is 0 Å². The van der Waals surface area contributed by atoms with Crippen molar-refractivity contribution in [3.8, 4) is 23.0 Å². The molecule has 0 fully saturated rings. The van der Waals surface area contributed by atoms with Crippen molar-refractivity contribution >= 4 is 17.2 Å². The van der Waals surface area contributed by atoms with Gasteiger partial charge in [0, 0.05) is 35.8 Å². The van der Waals surface area contributed by atoms with E-state index >= 15 is 0 Å². The summed E-state index contributed by atoms with van der Waals surface area (Å²) >= 11 is 0. The van der Waals surface area contributed by atoms with Crippen molar-refractivity contribution in [1.82, 2.24) is 0 Å². The quantitative estimate of drug-likeness (QED) is 0.104. The number of aryl methyl sites for hydroxylation is 2. The molecular weight excluding hydrogens is 975 g/mol. The van der Waals surface area contributed by atoms with Crippen LogP contribution in [0.3, 0.4) is 0 Å². The van der Waals surface area contributed by atoms with Gasteiger partial charge in [-0.3, -0.25) is 9.05 Å². The van der Waals surface area contributed by atoms with Gasteiger partial charge < -0.3 is 18.1 Å². The normalized spacial score (nSPS) is 14.3. The fourth-order valence-electron chi connectivity index (χ4n) is 9.25. The van der Waals surface area contributed by atoms with Crippen LogP contribution in [0, 0.1) is 19.8 Å². The first-order chi connectivity index (χ1) is 34.3. The zero-order valence-electron chi connectivity index (χ0n) is 53.8. The summed E-state index contributed by atoms with van der Waals surface area (Å²) in [4.78, 5) is 0. The third-order valence-corrected chi connectivity index (χ3v) is 16.4. The minimum atomic E-state index is -1.65. The summed E-state index contributed by atoms with van der Waals surface area (Å²) in [6.07, 6.45) is 5.45. The SMILES string of the molecule is CC(C)CCCCCOP1Oc2c(cc(C(C)(C)C)cc2C(C)(C)C)Cc2cc(C(C)(C)C)cc(C(C)(C)C)c2O1.COP(Oc1c(C)cc(C(C)(C)C)cc1C(C)(C)C)Oc1c(C)cc(C(C)(C)C)cc1C(C)(C)C. The molecule has 0 aliphatic carbocycles. The molecule has 0 unspecified atom stereocenters. The Kier molecular flexibility index (Phi) is 20.9. The van der Waals surface area contributed by atoms with E-state index < -0.39 is 17.2 Å². The van der Waals surface area contributed by atoms with Gasteiger partial charge in [0.15, 0.2) is 0 Å². The molecule has 4 aromatic carbocycles. The average Bonchev–Trinajstić information content (AvgIpc) is 3.22. The van der Waals surface area contributed by atoms with Gasteiger partial charge in [0.1, 0.15) is 23.0 Å². The van der Waals surface area contributed by atoms with Crippen LogP contribution in [0.2, 0.25) is 0 Å². The Morgan fingerprint density at radius 3 is 1.08 bits per heavy atom. The zero-order valence-corrected chi connectivity index (χ0v) is 55.6. The number of rotatable bonds is 12. The van der Waals surface area contributed by atoms with Gasteiger partial charge in [-0.1, -0.05) is 248 Å². The molecule has 0 radical (unpaired) electrons. The van der Waals surface area contributed by atoms with Crippen molar-refractivity contribution < 1.29 is 27.1 Å². The number of hydrogen-bond donors (Lipinski definition) is 0. The van der Waals surface area contributed by atoms with E-state index in [1.54, 1.807) is 7.11 Å². The predicted octanol–water partition coefficient (Wildman–Crippen LogP) is 21.5. The van der Waals surface area contributed by atoms with Crippen molar-refractivity contribution in [2.24, 2.45) is 5.92 Å². The maximum Gasteiger partial charge on any atom is 0.463 e. The van der Waals surface area contributed by atoms with Crippen molar-refractivity contribution in [1.29, 1.82) is 0 Å². The first-order valence-corrected chi connectivity index (χ1v) is 30.7. The molecule has 0 spiro atoms. The lowest BCUT2D eigenvalue weighted by Crippen LogP contribution is -2.22. The number of hydrogen-bond acceptors (Lipinski definition) is 6. The number of fused-ring (bicyclic) bond motifs is 2. The summed E-state index contributed by atoms with van der Waals surface area (Å²) < 4.78 is 39.1. The molecule has 0 atom stereocenters. The van der Waals surface area contributed by atoms with Gasteiger partial charge >= 0.3 is 17.2 Å². The molecule has 0 amide bonds. The lowest BCUT2D eigenvalue weighted by atomic mass is 9.76. The summed E-state index contributed by atoms with van der Waals surface area (Å²) in [5.74, 6) is 4.36. The van der Waals surface area contributed by atoms with Crippen LogP contribution in [-0.4, -0.2) is 13.7 Å². The highest BCUT2D eigenvalue weighted by atomic mass is 31.2. The topological polar surface area (TPSA) is 55.4 Å². The molecule has 5 rings (SSSR count). The number of unbranched alkanes of at least 4 members (excludes halogenated alkanes) is 2. The molecule has 0 saturated heterocycles. The highest BCUT2D eigenvalue weighted by Gasteiger charge is 2.36. The van der Waals surface area contributed by atoms with Gasteiger partial charge in [-0.2, -0.15) is 0 Å². The Balaban J connectivity index is 0.000000333. The van der Waals surface area contributed by atoms with E-state index in [0.29, 0.717) is 6.61 Å². The third-order valence-electron chi connectivity index (χ3n) is 14.4. The van der Waals surface area contributed by atoms with Gasteiger partial charge in [0.05, 0.1) is 6.61 Å². The van der Waals surface area contributed by atoms with Crippen LogP contribution in [0.25, 0.3) is 0 Å². The first kappa shape index (κ1) is 65.4. The maximum atomic E-state index is 6.85. The highest BCUT2D eigenvalue weighted by molar-refractivity contribution is 7.42. The molecule has 76 heavy (non-hydrogen) atoms. The molecule has 0 saturated carbocycles. The molecule has 1 aliphatic heterocycles. The van der Waals surface area contributed by atoms with E-state index in [9.17, 15) is 0 Å². The molecule has 0 N–H and O–H groups in total. The molecule has 426 valence electrons. The van der Waals surface area contributed by atoms with Crippen LogP contribution >= 0.6 is 17.2 Å². The molecular formula is C68H108O6P2. The van der Waals surface area contributed by atoms with Crippen LogP contribution in [0.1, 0.15) is 272 Å². The molecule has 6 nitrogen and oxygen atoms in total. The molecule has 1 aliphatic rings. The van der Waals surface area contributed by atoms with Crippen LogP contribution in [0.5, 0.6) is 23.0 Å². The predicted molar refractivity (Wildman–Crippen MR) is 330 cm³/mol. The molecule has 4 aromatic rings. The van der Waals surface area contributed by atoms with Crippen molar-refractivity contribution in [3.05, 3.63) is 115 Å². The van der Waals surface area contributed by atoms with E-state index in [-0.39, 0.29) is 43.3 Å². The second-order valence-corrected chi connectivity index (χ2v) is 32.9. The fraction of sp³-hybridized carbons (Fsp3) is 0.647. The summed E-state index contributed by atoms with van der Waals surface area (Å²) in [6.45, 7) is 63.8. The average molecular weight is 1080 g/mol. The lowest BCUT2D eigenvalue weighted by molar-refractivity contribution is 0.253. The van der Waals surface area contributed by atoms with Gasteiger partial charge in [-0.05, 0) is 114 Å². The van der Waals surface area contributed by atoms with Gasteiger partial charge in [-0.25, -0.2) is 0 Å². The largest absolute Gasteiger partial charge is 0.463 e. The molecule has 8 heteroatoms. The van der Waals surface area contributed by atoms with Crippen LogP contribution in [0.15, 0.2) is 48.5 Å². The van der Waals surface area contributed by atoms with Gasteiger partial charge in [0.2, 0.25) is 0 Å². The standard InChI is InChI=1S/C37H59O3P.C31H49O3P/c1-25(2)18-16-15-17-19-38-41-39-32-26(21-28(34(3,4)5)23-30(32)36(9,10)11)20-27-22-29(35(6,7)8)24-31(33(27)40-41)37(12,13)14;1-20-16-22(28(3,4)5)18-24(30(9,10)11)26(20)33-35(32-15)34-27-21(2)17-23(29(6,7)8)19-25(27)31(12,13)14/h21-25H,15-20H2,1-14H3;16-19H,1-15H3. The van der Waals surface area contributed by atoms with Crippen LogP contribution < -0.4 is 18.1 Å². The Morgan fingerprint density at radius 1 is 0.447 bits per heavy atom. The Hall–Kier alpha value is -3.14. The maximum absolute atomic E-state index is 6.85. The van der Waals surface area contributed by atoms with E-state index in [0.717, 1.165) is 52.9 Å². The Bertz CT molecular complexity index is 2420. The second kappa shape index (κ2) is 24.3. The summed E-state index contributed by atoms with van der Waals surface area (Å²) in [5.41, 5.74) is 14.6. The van der Waals surface area contributed by atoms with Crippen molar-refractivity contribution in [2.45, 2.75) is 269 Å². The highest BCUT2D eigenvalue weighted by Crippen LogP contribution is 2.54.